The minimum absolute atomic E-state index is 0.159. The first kappa shape index (κ1) is 29.8. The number of urea groups is 1. The summed E-state index contributed by atoms with van der Waals surface area (Å²) < 4.78 is 5.46. The number of hydrogen-bond donors (Lipinski definition) is 3. The number of carbonyl (C=O) groups is 4. The van der Waals surface area contributed by atoms with Crippen LogP contribution in [0.5, 0.6) is 5.75 Å². The lowest BCUT2D eigenvalue weighted by Crippen LogP contribution is -2.46. The van der Waals surface area contributed by atoms with Gasteiger partial charge in [-0.05, 0) is 73.4 Å². The van der Waals surface area contributed by atoms with E-state index in [1.807, 2.05) is 38.1 Å². The standard InChI is InChI=1S/C32H33N5O5/c1-32(2,23-10-8-21(9-11-23)26-16-20(18-33)7-14-28(26)42-4)36-31(41)35-24-12-13-25-22(17-24)19-37(30(25)40)27(6-5-15-38)29(39)34-3/h7-17,27H,5-6,19H2,1-4H3,(H,34,39)(H2,35,36,41). The zero-order valence-corrected chi connectivity index (χ0v) is 24.0. The lowest BCUT2D eigenvalue weighted by Gasteiger charge is -2.27. The molecule has 0 saturated heterocycles. The number of methoxy groups -OCH3 is 1. The molecule has 4 rings (SSSR count). The van der Waals surface area contributed by atoms with E-state index in [0.29, 0.717) is 28.1 Å². The van der Waals surface area contributed by atoms with Crippen LogP contribution in [0, 0.1) is 11.3 Å². The third-order valence-electron chi connectivity index (χ3n) is 7.35. The molecule has 216 valence electrons. The normalized spacial score (nSPS) is 13.0. The van der Waals surface area contributed by atoms with Crippen LogP contribution >= 0.6 is 0 Å². The minimum atomic E-state index is -0.761. The van der Waals surface area contributed by atoms with Gasteiger partial charge in [0.1, 0.15) is 18.1 Å². The van der Waals surface area contributed by atoms with Gasteiger partial charge in [0, 0.05) is 36.8 Å². The van der Waals surface area contributed by atoms with Crippen LogP contribution in [0.15, 0.2) is 60.7 Å². The van der Waals surface area contributed by atoms with Crippen molar-refractivity contribution in [1.29, 1.82) is 5.26 Å². The summed E-state index contributed by atoms with van der Waals surface area (Å²) in [5, 5.41) is 17.7. The van der Waals surface area contributed by atoms with Gasteiger partial charge < -0.3 is 30.4 Å². The van der Waals surface area contributed by atoms with Gasteiger partial charge >= 0.3 is 6.03 Å². The van der Waals surface area contributed by atoms with E-state index < -0.39 is 17.6 Å². The van der Waals surface area contributed by atoms with E-state index in [1.165, 1.54) is 11.9 Å². The Labute approximate surface area is 244 Å². The van der Waals surface area contributed by atoms with Crippen molar-refractivity contribution in [3.8, 4) is 22.9 Å². The highest BCUT2D eigenvalue weighted by atomic mass is 16.5. The van der Waals surface area contributed by atoms with E-state index in [0.717, 1.165) is 23.0 Å². The second-order valence-electron chi connectivity index (χ2n) is 10.5. The molecule has 1 aliphatic heterocycles. The molecule has 0 saturated carbocycles. The maximum absolute atomic E-state index is 13.0. The molecular formula is C32H33N5O5. The molecule has 10 heteroatoms. The number of hydrogen-bond acceptors (Lipinski definition) is 6. The highest BCUT2D eigenvalue weighted by molar-refractivity contribution is 6.02. The highest BCUT2D eigenvalue weighted by Crippen LogP contribution is 2.33. The molecule has 1 heterocycles. The van der Waals surface area contributed by atoms with E-state index in [1.54, 1.807) is 43.5 Å². The first-order chi connectivity index (χ1) is 20.1. The second kappa shape index (κ2) is 12.6. The van der Waals surface area contributed by atoms with E-state index in [4.69, 9.17) is 4.74 Å². The number of anilines is 1. The summed E-state index contributed by atoms with van der Waals surface area (Å²) in [6.45, 7) is 3.97. The average Bonchev–Trinajstić information content (AvgIpc) is 3.31. The zero-order chi connectivity index (χ0) is 30.4. The average molecular weight is 568 g/mol. The van der Waals surface area contributed by atoms with E-state index >= 15 is 0 Å². The molecular weight excluding hydrogens is 534 g/mol. The SMILES string of the molecule is CNC(=O)C(CCC=O)N1Cc2cc(NC(=O)NC(C)(C)c3ccc(-c4cc(C#N)ccc4OC)cc3)ccc2C1=O. The van der Waals surface area contributed by atoms with Crippen molar-refractivity contribution in [1.82, 2.24) is 15.5 Å². The fourth-order valence-electron chi connectivity index (χ4n) is 5.08. The van der Waals surface area contributed by atoms with Crippen LogP contribution in [-0.4, -0.2) is 49.2 Å². The molecule has 1 atom stereocenters. The van der Waals surface area contributed by atoms with Gasteiger partial charge in [-0.25, -0.2) is 4.79 Å². The van der Waals surface area contributed by atoms with Crippen LogP contribution < -0.4 is 20.7 Å². The number of rotatable bonds is 10. The predicted octanol–water partition coefficient (Wildman–Crippen LogP) is 4.34. The van der Waals surface area contributed by atoms with Crippen molar-refractivity contribution in [3.63, 3.8) is 0 Å². The number of likely N-dealkylation sites (N-methyl/N-ethyl adjacent to an activating group) is 1. The molecule has 10 nitrogen and oxygen atoms in total. The maximum atomic E-state index is 13.0. The Balaban J connectivity index is 1.45. The molecule has 42 heavy (non-hydrogen) atoms. The number of carbonyl (C=O) groups excluding carboxylic acids is 4. The van der Waals surface area contributed by atoms with Crippen molar-refractivity contribution in [2.75, 3.05) is 19.5 Å². The molecule has 0 fully saturated rings. The number of fused-ring (bicyclic) bond motifs is 1. The summed E-state index contributed by atoms with van der Waals surface area (Å²) in [6, 6.07) is 18.9. The van der Waals surface area contributed by atoms with Gasteiger partial charge in [-0.3, -0.25) is 9.59 Å². The van der Waals surface area contributed by atoms with Crippen molar-refractivity contribution in [3.05, 3.63) is 82.9 Å². The van der Waals surface area contributed by atoms with E-state index in [9.17, 15) is 24.4 Å². The minimum Gasteiger partial charge on any atom is -0.496 e. The summed E-state index contributed by atoms with van der Waals surface area (Å²) in [7, 11) is 3.07. The van der Waals surface area contributed by atoms with Gasteiger partial charge in [0.2, 0.25) is 5.91 Å². The van der Waals surface area contributed by atoms with Crippen molar-refractivity contribution in [2.45, 2.75) is 44.8 Å². The first-order valence-electron chi connectivity index (χ1n) is 13.5. The Morgan fingerprint density at radius 2 is 1.83 bits per heavy atom. The predicted molar refractivity (Wildman–Crippen MR) is 158 cm³/mol. The molecule has 0 aromatic heterocycles. The molecule has 3 aromatic carbocycles. The summed E-state index contributed by atoms with van der Waals surface area (Å²) in [6.07, 6.45) is 1.12. The van der Waals surface area contributed by atoms with Crippen LogP contribution in [0.3, 0.4) is 0 Å². The number of ether oxygens (including phenoxy) is 1. The van der Waals surface area contributed by atoms with E-state index in [-0.39, 0.29) is 31.2 Å². The topological polar surface area (TPSA) is 141 Å². The quantitative estimate of drug-likeness (QED) is 0.311. The Hall–Kier alpha value is -5.17. The summed E-state index contributed by atoms with van der Waals surface area (Å²) in [5.41, 5.74) is 3.97. The number of nitriles is 1. The molecule has 1 unspecified atom stereocenters. The van der Waals surface area contributed by atoms with Gasteiger partial charge in [0.25, 0.3) is 5.91 Å². The fraction of sp³-hybridized carbons (Fsp3) is 0.281. The monoisotopic (exact) mass is 567 g/mol. The van der Waals surface area contributed by atoms with Crippen molar-refractivity contribution < 1.29 is 23.9 Å². The summed E-state index contributed by atoms with van der Waals surface area (Å²) in [5.74, 6) is 0.0330. The van der Waals surface area contributed by atoms with Gasteiger partial charge in [0.05, 0.1) is 24.3 Å². The molecule has 3 N–H and O–H groups in total. The van der Waals surface area contributed by atoms with Gasteiger partial charge in [0.15, 0.2) is 0 Å². The second-order valence-corrected chi connectivity index (χ2v) is 10.5. The Morgan fingerprint density at radius 1 is 1.10 bits per heavy atom. The largest absolute Gasteiger partial charge is 0.496 e. The molecule has 0 bridgehead atoms. The highest BCUT2D eigenvalue weighted by Gasteiger charge is 2.36. The van der Waals surface area contributed by atoms with Gasteiger partial charge in [-0.1, -0.05) is 24.3 Å². The summed E-state index contributed by atoms with van der Waals surface area (Å²) in [4.78, 5) is 50.8. The van der Waals surface area contributed by atoms with Crippen LogP contribution in [0.2, 0.25) is 0 Å². The number of aldehydes is 1. The Kier molecular flexibility index (Phi) is 8.91. The third kappa shape index (κ3) is 6.25. The molecule has 0 radical (unpaired) electrons. The van der Waals surface area contributed by atoms with Crippen LogP contribution in [-0.2, 0) is 21.7 Å². The maximum Gasteiger partial charge on any atom is 0.319 e. The first-order valence-corrected chi connectivity index (χ1v) is 13.5. The van der Waals surface area contributed by atoms with Gasteiger partial charge in [-0.2, -0.15) is 5.26 Å². The number of amides is 4. The molecule has 4 amide bonds. The smallest absolute Gasteiger partial charge is 0.319 e. The number of benzene rings is 3. The van der Waals surface area contributed by atoms with Crippen LogP contribution in [0.25, 0.3) is 11.1 Å². The lowest BCUT2D eigenvalue weighted by molar-refractivity contribution is -0.125. The summed E-state index contributed by atoms with van der Waals surface area (Å²) >= 11 is 0. The third-order valence-corrected chi connectivity index (χ3v) is 7.35. The van der Waals surface area contributed by atoms with Gasteiger partial charge in [-0.15, -0.1) is 0 Å². The van der Waals surface area contributed by atoms with Crippen molar-refractivity contribution in [2.24, 2.45) is 0 Å². The molecule has 1 aliphatic rings. The number of nitrogens with one attached hydrogen (secondary N) is 3. The Morgan fingerprint density at radius 3 is 2.48 bits per heavy atom. The molecule has 0 aliphatic carbocycles. The number of nitrogens with zero attached hydrogens (tertiary/aromatic N) is 2. The fourth-order valence-corrected chi connectivity index (χ4v) is 5.08. The zero-order valence-electron chi connectivity index (χ0n) is 24.0. The van der Waals surface area contributed by atoms with Crippen molar-refractivity contribution >= 4 is 29.8 Å². The van der Waals surface area contributed by atoms with Crippen LogP contribution in [0.1, 0.15) is 53.7 Å². The molecule has 3 aromatic rings. The van der Waals surface area contributed by atoms with Crippen LogP contribution in [0.4, 0.5) is 10.5 Å². The molecule has 0 spiro atoms. The Bertz CT molecular complexity index is 1560. The lowest BCUT2D eigenvalue weighted by atomic mass is 9.92. The van der Waals surface area contributed by atoms with E-state index in [2.05, 4.69) is 22.0 Å².